The van der Waals surface area contributed by atoms with Crippen molar-refractivity contribution in [2.24, 2.45) is 0 Å². The summed E-state index contributed by atoms with van der Waals surface area (Å²) in [5, 5.41) is 3.01. The van der Waals surface area contributed by atoms with Crippen molar-refractivity contribution < 1.29 is 42.8 Å². The van der Waals surface area contributed by atoms with E-state index in [1.54, 1.807) is 7.11 Å². The molecule has 0 spiro atoms. The maximum Gasteiger partial charge on any atom is 0.224 e. The van der Waals surface area contributed by atoms with Gasteiger partial charge in [0.2, 0.25) is 5.91 Å². The molecular weight excluding hydrogens is 599 g/mol. The van der Waals surface area contributed by atoms with E-state index in [1.165, 1.54) is 83.5 Å². The number of ether oxygens (including phenoxy) is 2. The Kier molecular flexibility index (Phi) is 20.7. The first-order valence-electron chi connectivity index (χ1n) is 15.2. The first-order chi connectivity index (χ1) is 18.7. The second kappa shape index (κ2) is 22.9. The van der Waals surface area contributed by atoms with Gasteiger partial charge in [-0.1, -0.05) is 96.5 Å². The zero-order valence-electron chi connectivity index (χ0n) is 24.8. The second-order valence-corrected chi connectivity index (χ2v) is 10.4. The van der Waals surface area contributed by atoms with Crippen LogP contribution in [0.4, 0.5) is 0 Å². The van der Waals surface area contributed by atoms with E-state index in [0.717, 1.165) is 29.8 Å². The van der Waals surface area contributed by atoms with E-state index < -0.39 is 0 Å². The number of hydrogen-bond donors (Lipinski definition) is 1. The van der Waals surface area contributed by atoms with Crippen LogP contribution in [0.1, 0.15) is 115 Å². The number of benzene rings is 1. The summed E-state index contributed by atoms with van der Waals surface area (Å²) >= 11 is 0. The number of carbonyl (C=O) groups is 1. The van der Waals surface area contributed by atoms with Crippen LogP contribution in [0.5, 0.6) is 11.5 Å². The van der Waals surface area contributed by atoms with Gasteiger partial charge in [-0.3, -0.25) is 4.79 Å². The molecule has 0 saturated carbocycles. The number of unbranched alkanes of at least 4 members (excludes halogenated alkanes) is 13. The Bertz CT molecular complexity index is 906. The number of nitrogens with zero attached hydrogens (tertiary/aromatic N) is 1. The number of aryl methyl sites for hydroxylation is 1. The van der Waals surface area contributed by atoms with Crippen LogP contribution in [0.3, 0.4) is 0 Å². The molecule has 0 unspecified atom stereocenters. The van der Waals surface area contributed by atoms with Gasteiger partial charge in [-0.2, -0.15) is 0 Å². The largest absolute Gasteiger partial charge is 1.00 e. The smallest absolute Gasteiger partial charge is 0.224 e. The quantitative estimate of drug-likeness (QED) is 0.114. The number of carbonyl (C=O) groups excluding carboxylic acids is 1. The minimum absolute atomic E-state index is 0. The fourth-order valence-corrected chi connectivity index (χ4v) is 4.75. The molecule has 1 amide bonds. The van der Waals surface area contributed by atoms with Crippen LogP contribution in [0.25, 0.3) is 0 Å². The lowest BCUT2D eigenvalue weighted by molar-refractivity contribution is -0.694. The fourth-order valence-electron chi connectivity index (χ4n) is 4.75. The average Bonchev–Trinajstić information content (AvgIpc) is 2.94. The molecule has 2 aromatic rings. The summed E-state index contributed by atoms with van der Waals surface area (Å²) in [6, 6.07) is 9.82. The van der Waals surface area contributed by atoms with E-state index in [-0.39, 0.29) is 29.9 Å². The van der Waals surface area contributed by atoms with Crippen molar-refractivity contribution in [3.05, 3.63) is 53.9 Å². The van der Waals surface area contributed by atoms with Crippen molar-refractivity contribution in [2.75, 3.05) is 13.7 Å². The van der Waals surface area contributed by atoms with Gasteiger partial charge in [0.15, 0.2) is 23.9 Å². The second-order valence-electron chi connectivity index (χ2n) is 10.4. The van der Waals surface area contributed by atoms with Gasteiger partial charge in [0.1, 0.15) is 6.54 Å². The number of hydrogen-bond acceptors (Lipinski definition) is 3. The molecule has 0 radical (unpaired) electrons. The molecule has 1 aromatic heterocycles. The van der Waals surface area contributed by atoms with Gasteiger partial charge in [0, 0.05) is 18.2 Å². The zero-order chi connectivity index (χ0) is 27.3. The SMILES string of the molecule is CCCCCCCCCCCCCCCCOc1ccc(CC(=O)NCc2ccc[n+](CC)c2)cc1OC.[I-]. The molecule has 1 heterocycles. The Morgan fingerprint density at radius 2 is 1.41 bits per heavy atom. The number of amides is 1. The molecular formula is C33H53IN2O3. The molecule has 0 aliphatic heterocycles. The summed E-state index contributed by atoms with van der Waals surface area (Å²) in [4.78, 5) is 12.5. The number of pyridine rings is 1. The lowest BCUT2D eigenvalue weighted by Crippen LogP contribution is -3.00. The van der Waals surface area contributed by atoms with Gasteiger partial charge < -0.3 is 38.8 Å². The Morgan fingerprint density at radius 3 is 2.00 bits per heavy atom. The van der Waals surface area contributed by atoms with Crippen LogP contribution in [0, 0.1) is 0 Å². The van der Waals surface area contributed by atoms with Gasteiger partial charge in [-0.15, -0.1) is 0 Å². The highest BCUT2D eigenvalue weighted by Crippen LogP contribution is 2.28. The minimum atomic E-state index is -0.00460. The number of methoxy groups -OCH3 is 1. The molecule has 1 N–H and O–H groups in total. The third kappa shape index (κ3) is 16.1. The molecule has 0 aliphatic carbocycles. The standard InChI is InChI=1S/C33H52N2O3.HI/c1-4-6-7-8-9-10-11-12-13-14-15-16-17-18-24-38-31-22-21-29(25-32(31)37-3)26-33(36)34-27-30-20-19-23-35(5-2)28-30;/h19-23,25,28H,4-18,24,26-27H2,1-3H3;1H. The predicted octanol–water partition coefficient (Wildman–Crippen LogP) is 4.73. The Labute approximate surface area is 255 Å². The van der Waals surface area contributed by atoms with Crippen LogP contribution < -0.4 is 43.3 Å². The lowest BCUT2D eigenvalue weighted by Gasteiger charge is -2.12. The lowest BCUT2D eigenvalue weighted by atomic mass is 10.0. The van der Waals surface area contributed by atoms with Crippen molar-refractivity contribution in [3.63, 3.8) is 0 Å². The Morgan fingerprint density at radius 1 is 0.795 bits per heavy atom. The van der Waals surface area contributed by atoms with E-state index in [0.29, 0.717) is 25.3 Å². The first kappa shape index (κ1) is 35.2. The Hall–Kier alpha value is -1.83. The fraction of sp³-hybridized carbons (Fsp3) is 0.636. The maximum absolute atomic E-state index is 12.5. The molecule has 0 aliphatic rings. The first-order valence-corrected chi connectivity index (χ1v) is 15.2. The molecule has 5 nitrogen and oxygen atoms in total. The highest BCUT2D eigenvalue weighted by atomic mass is 127. The van der Waals surface area contributed by atoms with Crippen molar-refractivity contribution in [1.82, 2.24) is 5.32 Å². The molecule has 0 saturated heterocycles. The molecule has 6 heteroatoms. The van der Waals surface area contributed by atoms with E-state index in [2.05, 4.69) is 29.9 Å². The van der Waals surface area contributed by atoms with Gasteiger partial charge >= 0.3 is 0 Å². The minimum Gasteiger partial charge on any atom is -1.00 e. The highest BCUT2D eigenvalue weighted by Gasteiger charge is 2.10. The van der Waals surface area contributed by atoms with E-state index in [1.807, 2.05) is 36.5 Å². The van der Waals surface area contributed by atoms with Gasteiger partial charge in [-0.25, -0.2) is 4.57 Å². The van der Waals surface area contributed by atoms with Crippen LogP contribution >= 0.6 is 0 Å². The summed E-state index contributed by atoms with van der Waals surface area (Å²) in [5.74, 6) is 1.43. The summed E-state index contributed by atoms with van der Waals surface area (Å²) in [6.07, 6.45) is 23.3. The normalized spacial score (nSPS) is 10.6. The van der Waals surface area contributed by atoms with Gasteiger partial charge in [0.05, 0.1) is 20.1 Å². The average molecular weight is 653 g/mol. The third-order valence-electron chi connectivity index (χ3n) is 7.12. The molecule has 39 heavy (non-hydrogen) atoms. The van der Waals surface area contributed by atoms with E-state index in [9.17, 15) is 4.79 Å². The molecule has 0 fully saturated rings. The monoisotopic (exact) mass is 652 g/mol. The van der Waals surface area contributed by atoms with Gasteiger partial charge in [0.25, 0.3) is 0 Å². The number of halogens is 1. The summed E-state index contributed by atoms with van der Waals surface area (Å²) in [7, 11) is 1.65. The van der Waals surface area contributed by atoms with Crippen molar-refractivity contribution in [3.8, 4) is 11.5 Å². The zero-order valence-corrected chi connectivity index (χ0v) is 27.0. The van der Waals surface area contributed by atoms with Crippen molar-refractivity contribution in [1.29, 1.82) is 0 Å². The topological polar surface area (TPSA) is 51.4 Å². The third-order valence-corrected chi connectivity index (χ3v) is 7.12. The van der Waals surface area contributed by atoms with Crippen LogP contribution in [-0.2, 0) is 24.3 Å². The molecule has 220 valence electrons. The molecule has 0 atom stereocenters. The highest BCUT2D eigenvalue weighted by molar-refractivity contribution is 5.78. The van der Waals surface area contributed by atoms with Crippen molar-refractivity contribution >= 4 is 5.91 Å². The number of rotatable bonds is 22. The summed E-state index contributed by atoms with van der Waals surface area (Å²) in [6.45, 7) is 6.51. The van der Waals surface area contributed by atoms with Crippen LogP contribution in [-0.4, -0.2) is 19.6 Å². The molecule has 1 aromatic carbocycles. The maximum atomic E-state index is 12.5. The Balaban J connectivity index is 0.00000760. The van der Waals surface area contributed by atoms with Crippen molar-refractivity contribution in [2.45, 2.75) is 123 Å². The van der Waals surface area contributed by atoms with E-state index in [4.69, 9.17) is 9.47 Å². The number of nitrogens with one attached hydrogen (secondary N) is 1. The summed E-state index contributed by atoms with van der Waals surface area (Å²) in [5.41, 5.74) is 2.01. The number of aromatic nitrogens is 1. The van der Waals surface area contributed by atoms with E-state index >= 15 is 0 Å². The summed E-state index contributed by atoms with van der Waals surface area (Å²) < 4.78 is 13.6. The molecule has 0 bridgehead atoms. The van der Waals surface area contributed by atoms with Gasteiger partial charge in [-0.05, 0) is 37.1 Å². The predicted molar refractivity (Wildman–Crippen MR) is 157 cm³/mol. The molecule has 2 rings (SSSR count). The van der Waals surface area contributed by atoms with Crippen LogP contribution in [0.2, 0.25) is 0 Å². The van der Waals surface area contributed by atoms with Crippen LogP contribution in [0.15, 0.2) is 42.7 Å².